The molecule has 0 saturated heterocycles. The average Bonchev–Trinajstić information content (AvgIpc) is 2.77. The molecule has 2 rings (SSSR count). The van der Waals surface area contributed by atoms with Crippen LogP contribution in [0.2, 0.25) is 0 Å². The highest BCUT2D eigenvalue weighted by Crippen LogP contribution is 2.33. The normalized spacial score (nSPS) is 15.6. The number of hydrogen-bond donors (Lipinski definition) is 0. The van der Waals surface area contributed by atoms with E-state index in [1.54, 1.807) is 31.2 Å². The van der Waals surface area contributed by atoms with Crippen molar-refractivity contribution in [1.29, 1.82) is 0 Å². The van der Waals surface area contributed by atoms with Gasteiger partial charge in [0.25, 0.3) is 0 Å². The van der Waals surface area contributed by atoms with Crippen LogP contribution in [-0.4, -0.2) is 25.4 Å². The summed E-state index contributed by atoms with van der Waals surface area (Å²) in [6.45, 7) is 1.80. The number of carbonyl (C=O) groups is 1. The first kappa shape index (κ1) is 13.7. The van der Waals surface area contributed by atoms with E-state index in [2.05, 4.69) is 15.9 Å². The first-order chi connectivity index (χ1) is 9.67. The number of oxime groups is 1. The minimum Gasteiger partial charge on any atom is -0.493 e. The van der Waals surface area contributed by atoms with E-state index in [-0.39, 0.29) is 6.61 Å². The quantitative estimate of drug-likeness (QED) is 0.477. The summed E-state index contributed by atoms with van der Waals surface area (Å²) in [5, 5.41) is 3.62. The van der Waals surface area contributed by atoms with E-state index in [0.717, 1.165) is 0 Å². The van der Waals surface area contributed by atoms with Gasteiger partial charge in [0.15, 0.2) is 11.5 Å². The number of hydrogen-bond acceptors (Lipinski definition) is 5. The van der Waals surface area contributed by atoms with Gasteiger partial charge in [0.2, 0.25) is 0 Å². The highest BCUT2D eigenvalue weighted by Gasteiger charge is 2.22. The maximum absolute atomic E-state index is 11.6. The summed E-state index contributed by atoms with van der Waals surface area (Å²) in [6, 6.07) is 5.34. The molecule has 1 aromatic rings. The van der Waals surface area contributed by atoms with Crippen molar-refractivity contribution < 1.29 is 19.1 Å². The summed E-state index contributed by atoms with van der Waals surface area (Å²) in [4.78, 5) is 16.2. The van der Waals surface area contributed by atoms with Crippen LogP contribution in [-0.2, 0) is 9.63 Å². The van der Waals surface area contributed by atoms with Gasteiger partial charge in [-0.25, -0.2) is 4.79 Å². The number of para-hydroxylation sites is 1. The lowest BCUT2D eigenvalue weighted by atomic mass is 10.1. The molecule has 0 bridgehead atoms. The van der Waals surface area contributed by atoms with Crippen LogP contribution in [0.4, 0.5) is 0 Å². The van der Waals surface area contributed by atoms with Gasteiger partial charge in [-0.05, 0) is 19.1 Å². The smallest absolute Gasteiger partial charge is 0.367 e. The van der Waals surface area contributed by atoms with Crippen LogP contribution in [0.25, 0.3) is 6.08 Å². The van der Waals surface area contributed by atoms with Crippen molar-refractivity contribution in [2.24, 2.45) is 5.16 Å². The van der Waals surface area contributed by atoms with Crippen molar-refractivity contribution in [2.45, 2.75) is 6.92 Å². The molecule has 5 nitrogen and oxygen atoms in total. The number of benzene rings is 1. The maximum Gasteiger partial charge on any atom is 0.367 e. The molecule has 5 heteroatoms. The Morgan fingerprint density at radius 1 is 1.50 bits per heavy atom. The molecule has 20 heavy (non-hydrogen) atoms. The molecule has 0 aliphatic carbocycles. The minimum absolute atomic E-state index is 0.105. The highest BCUT2D eigenvalue weighted by atomic mass is 16.7. The first-order valence-corrected chi connectivity index (χ1v) is 5.88. The van der Waals surface area contributed by atoms with E-state index in [4.69, 9.17) is 15.9 Å². The van der Waals surface area contributed by atoms with Gasteiger partial charge in [-0.1, -0.05) is 23.2 Å². The second-order valence-electron chi connectivity index (χ2n) is 3.98. The zero-order valence-electron chi connectivity index (χ0n) is 11.2. The summed E-state index contributed by atoms with van der Waals surface area (Å²) in [7, 11) is 1.53. The third kappa shape index (κ3) is 2.64. The standard InChI is InChI=1S/C15H13NO4/c1-4-8-19-14-11(6-5-7-13(14)18-3)9-12-10(2)16-20-15(12)17/h1,5-7,9H,8H2,2-3H3/b12-9+. The Hall–Kier alpha value is -2.74. The zero-order valence-corrected chi connectivity index (χ0v) is 11.2. The van der Waals surface area contributed by atoms with Crippen LogP contribution >= 0.6 is 0 Å². The SMILES string of the molecule is C#CCOc1c(/C=C2/C(=O)ON=C2C)cccc1OC. The number of methoxy groups -OCH3 is 1. The summed E-state index contributed by atoms with van der Waals surface area (Å²) < 4.78 is 10.7. The molecule has 102 valence electrons. The Balaban J connectivity index is 2.46. The zero-order chi connectivity index (χ0) is 14.5. The van der Waals surface area contributed by atoms with Gasteiger partial charge in [-0.15, -0.1) is 6.42 Å². The molecule has 0 amide bonds. The lowest BCUT2D eigenvalue weighted by Crippen LogP contribution is -2.03. The number of rotatable bonds is 4. The van der Waals surface area contributed by atoms with E-state index in [0.29, 0.717) is 28.3 Å². The fraction of sp³-hybridized carbons (Fsp3) is 0.200. The Kier molecular flexibility index (Phi) is 4.06. The summed E-state index contributed by atoms with van der Waals surface area (Å²) in [6.07, 6.45) is 6.84. The number of carbonyl (C=O) groups excluding carboxylic acids is 1. The van der Waals surface area contributed by atoms with Crippen molar-refractivity contribution in [3.63, 3.8) is 0 Å². The predicted molar refractivity (Wildman–Crippen MR) is 74.5 cm³/mol. The molecule has 1 heterocycles. The monoisotopic (exact) mass is 271 g/mol. The second kappa shape index (κ2) is 5.93. The lowest BCUT2D eigenvalue weighted by molar-refractivity contribution is -0.136. The summed E-state index contributed by atoms with van der Waals surface area (Å²) >= 11 is 0. The Bertz CT molecular complexity index is 638. The molecule has 0 spiro atoms. The van der Waals surface area contributed by atoms with Crippen LogP contribution < -0.4 is 9.47 Å². The van der Waals surface area contributed by atoms with Gasteiger partial charge in [0.05, 0.1) is 18.4 Å². The molecule has 1 aliphatic heterocycles. The van der Waals surface area contributed by atoms with Crippen molar-refractivity contribution >= 4 is 17.8 Å². The van der Waals surface area contributed by atoms with Gasteiger partial charge in [0, 0.05) is 5.56 Å². The number of nitrogens with zero attached hydrogens (tertiary/aromatic N) is 1. The van der Waals surface area contributed by atoms with E-state index < -0.39 is 5.97 Å². The van der Waals surface area contributed by atoms with Gasteiger partial charge < -0.3 is 14.3 Å². The Labute approximate surface area is 116 Å². The Morgan fingerprint density at radius 2 is 2.30 bits per heavy atom. The van der Waals surface area contributed by atoms with Crippen molar-refractivity contribution in [3.05, 3.63) is 29.3 Å². The minimum atomic E-state index is -0.492. The fourth-order valence-electron chi connectivity index (χ4n) is 1.75. The number of terminal acetylenes is 1. The van der Waals surface area contributed by atoms with Gasteiger partial charge >= 0.3 is 5.97 Å². The molecular weight excluding hydrogens is 258 g/mol. The molecular formula is C15H13NO4. The molecule has 0 aromatic heterocycles. The van der Waals surface area contributed by atoms with Gasteiger partial charge in [-0.2, -0.15) is 0 Å². The third-order valence-corrected chi connectivity index (χ3v) is 2.70. The van der Waals surface area contributed by atoms with E-state index in [1.165, 1.54) is 7.11 Å². The summed E-state index contributed by atoms with van der Waals surface area (Å²) in [5.41, 5.74) is 1.56. The molecule has 0 N–H and O–H groups in total. The van der Waals surface area contributed by atoms with Crippen molar-refractivity contribution in [3.8, 4) is 23.8 Å². The van der Waals surface area contributed by atoms with Crippen LogP contribution in [0.5, 0.6) is 11.5 Å². The summed E-state index contributed by atoms with van der Waals surface area (Å²) in [5.74, 6) is 2.92. The van der Waals surface area contributed by atoms with Crippen LogP contribution in [0.1, 0.15) is 12.5 Å². The van der Waals surface area contributed by atoms with Crippen molar-refractivity contribution in [2.75, 3.05) is 13.7 Å². The van der Waals surface area contributed by atoms with Gasteiger partial charge in [-0.3, -0.25) is 0 Å². The average molecular weight is 271 g/mol. The lowest BCUT2D eigenvalue weighted by Gasteiger charge is -2.11. The molecule has 0 atom stereocenters. The van der Waals surface area contributed by atoms with Crippen molar-refractivity contribution in [1.82, 2.24) is 0 Å². The van der Waals surface area contributed by atoms with E-state index >= 15 is 0 Å². The number of ether oxygens (including phenoxy) is 2. The van der Waals surface area contributed by atoms with Crippen LogP contribution in [0.3, 0.4) is 0 Å². The largest absolute Gasteiger partial charge is 0.493 e. The fourth-order valence-corrected chi connectivity index (χ4v) is 1.75. The van der Waals surface area contributed by atoms with Crippen LogP contribution in [0.15, 0.2) is 28.9 Å². The van der Waals surface area contributed by atoms with E-state index in [9.17, 15) is 4.79 Å². The molecule has 0 unspecified atom stereocenters. The third-order valence-electron chi connectivity index (χ3n) is 2.70. The van der Waals surface area contributed by atoms with Gasteiger partial charge in [0.1, 0.15) is 6.61 Å². The molecule has 0 fully saturated rings. The maximum atomic E-state index is 11.6. The highest BCUT2D eigenvalue weighted by molar-refractivity contribution is 6.24. The van der Waals surface area contributed by atoms with E-state index in [1.807, 2.05) is 0 Å². The van der Waals surface area contributed by atoms with Crippen LogP contribution in [0, 0.1) is 12.3 Å². The first-order valence-electron chi connectivity index (χ1n) is 5.88. The molecule has 0 radical (unpaired) electrons. The molecule has 1 aromatic carbocycles. The Morgan fingerprint density at radius 3 is 2.90 bits per heavy atom. The molecule has 0 saturated carbocycles. The molecule has 1 aliphatic rings. The second-order valence-corrected chi connectivity index (χ2v) is 3.98. The topological polar surface area (TPSA) is 57.1 Å². The predicted octanol–water partition coefficient (Wildman–Crippen LogP) is 2.02.